The minimum atomic E-state index is -0.684. The van der Waals surface area contributed by atoms with Gasteiger partial charge in [-0.15, -0.1) is 0 Å². The SMILES string of the molecule is CSCC[C@H](NC(N)=O)C(=O)NCCCO[C@@H](C)c1ccccc1. The molecule has 2 atom stereocenters. The first-order chi connectivity index (χ1) is 11.5. The second kappa shape index (κ2) is 11.8. The molecule has 0 radical (unpaired) electrons. The van der Waals surface area contributed by atoms with E-state index in [0.717, 1.165) is 11.3 Å². The molecule has 1 rings (SSSR count). The summed E-state index contributed by atoms with van der Waals surface area (Å²) in [5.74, 6) is 0.565. The minimum Gasteiger partial charge on any atom is -0.374 e. The number of nitrogens with one attached hydrogen (secondary N) is 2. The molecule has 3 amide bonds. The van der Waals surface area contributed by atoms with Crippen LogP contribution in [0.5, 0.6) is 0 Å². The lowest BCUT2D eigenvalue weighted by atomic mass is 10.1. The number of hydrogen-bond acceptors (Lipinski definition) is 4. The van der Waals surface area contributed by atoms with Crippen molar-refractivity contribution in [2.75, 3.05) is 25.2 Å². The summed E-state index contributed by atoms with van der Waals surface area (Å²) < 4.78 is 5.76. The number of hydrogen-bond donors (Lipinski definition) is 3. The van der Waals surface area contributed by atoms with Crippen LogP contribution < -0.4 is 16.4 Å². The third kappa shape index (κ3) is 8.21. The Morgan fingerprint density at radius 3 is 2.62 bits per heavy atom. The zero-order valence-corrected chi connectivity index (χ0v) is 15.1. The van der Waals surface area contributed by atoms with E-state index in [9.17, 15) is 9.59 Å². The van der Waals surface area contributed by atoms with Gasteiger partial charge in [0.25, 0.3) is 0 Å². The number of benzene rings is 1. The summed E-state index contributed by atoms with van der Waals surface area (Å²) in [5, 5.41) is 5.29. The molecule has 0 fully saturated rings. The number of rotatable bonds is 11. The predicted molar refractivity (Wildman–Crippen MR) is 97.9 cm³/mol. The van der Waals surface area contributed by atoms with Crippen LogP contribution in [-0.4, -0.2) is 43.1 Å². The fraction of sp³-hybridized carbons (Fsp3) is 0.529. The molecule has 0 bridgehead atoms. The van der Waals surface area contributed by atoms with Crippen molar-refractivity contribution >= 4 is 23.7 Å². The van der Waals surface area contributed by atoms with Crippen LogP contribution in [0.1, 0.15) is 31.4 Å². The van der Waals surface area contributed by atoms with Crippen LogP contribution in [0, 0.1) is 0 Å². The maximum absolute atomic E-state index is 12.1. The van der Waals surface area contributed by atoms with Crippen molar-refractivity contribution in [2.24, 2.45) is 5.73 Å². The molecule has 7 heteroatoms. The Morgan fingerprint density at radius 2 is 2.00 bits per heavy atom. The molecule has 0 aliphatic heterocycles. The lowest BCUT2D eigenvalue weighted by Gasteiger charge is -2.17. The Balaban J connectivity index is 2.24. The Labute approximate surface area is 147 Å². The molecule has 0 spiro atoms. The van der Waals surface area contributed by atoms with E-state index in [1.807, 2.05) is 43.5 Å². The zero-order chi connectivity index (χ0) is 17.8. The monoisotopic (exact) mass is 353 g/mol. The van der Waals surface area contributed by atoms with Crippen LogP contribution in [0.25, 0.3) is 0 Å². The predicted octanol–water partition coefficient (Wildman–Crippen LogP) is 2.06. The molecule has 0 heterocycles. The van der Waals surface area contributed by atoms with E-state index < -0.39 is 12.1 Å². The number of primary amides is 1. The zero-order valence-electron chi connectivity index (χ0n) is 14.3. The van der Waals surface area contributed by atoms with E-state index in [4.69, 9.17) is 10.5 Å². The highest BCUT2D eigenvalue weighted by molar-refractivity contribution is 7.98. The number of amides is 3. The Kier molecular flexibility index (Phi) is 9.95. The van der Waals surface area contributed by atoms with E-state index >= 15 is 0 Å². The number of nitrogens with two attached hydrogens (primary N) is 1. The van der Waals surface area contributed by atoms with Crippen LogP contribution in [0.3, 0.4) is 0 Å². The molecular weight excluding hydrogens is 326 g/mol. The number of carbonyl (C=O) groups excluding carboxylic acids is 2. The summed E-state index contributed by atoms with van der Waals surface area (Å²) in [5.41, 5.74) is 6.24. The van der Waals surface area contributed by atoms with Gasteiger partial charge in [0.1, 0.15) is 6.04 Å². The smallest absolute Gasteiger partial charge is 0.312 e. The molecule has 6 nitrogen and oxygen atoms in total. The van der Waals surface area contributed by atoms with Crippen molar-refractivity contribution in [3.8, 4) is 0 Å². The lowest BCUT2D eigenvalue weighted by molar-refractivity contribution is -0.123. The first-order valence-electron chi connectivity index (χ1n) is 8.03. The second-order valence-corrected chi connectivity index (χ2v) is 6.40. The summed E-state index contributed by atoms with van der Waals surface area (Å²) in [6, 6.07) is 8.72. The number of urea groups is 1. The summed E-state index contributed by atoms with van der Waals surface area (Å²) in [7, 11) is 0. The van der Waals surface area contributed by atoms with Gasteiger partial charge >= 0.3 is 6.03 Å². The topological polar surface area (TPSA) is 93.5 Å². The third-order valence-corrected chi connectivity index (χ3v) is 4.14. The number of thioether (sulfide) groups is 1. The molecule has 1 aromatic carbocycles. The van der Waals surface area contributed by atoms with E-state index in [2.05, 4.69) is 10.6 Å². The van der Waals surface area contributed by atoms with Crippen LogP contribution >= 0.6 is 11.8 Å². The molecule has 0 saturated heterocycles. The van der Waals surface area contributed by atoms with Gasteiger partial charge in [-0.05, 0) is 37.3 Å². The standard InChI is InChI=1S/C17H27N3O3S/c1-13(14-7-4-3-5-8-14)23-11-6-10-19-16(21)15(9-12-24-2)20-17(18)22/h3-5,7-8,13,15H,6,9-12H2,1-2H3,(H,19,21)(H3,18,20,22)/t13-,15-/m0/s1. The van der Waals surface area contributed by atoms with Gasteiger partial charge in [-0.2, -0.15) is 11.8 Å². The molecule has 0 aromatic heterocycles. The summed E-state index contributed by atoms with van der Waals surface area (Å²) >= 11 is 1.62. The van der Waals surface area contributed by atoms with Gasteiger partial charge in [-0.1, -0.05) is 30.3 Å². The van der Waals surface area contributed by atoms with E-state index in [1.54, 1.807) is 11.8 Å². The molecule has 24 heavy (non-hydrogen) atoms. The maximum atomic E-state index is 12.1. The van der Waals surface area contributed by atoms with Gasteiger partial charge in [0.2, 0.25) is 5.91 Å². The van der Waals surface area contributed by atoms with E-state index in [0.29, 0.717) is 26.0 Å². The van der Waals surface area contributed by atoms with Gasteiger partial charge in [-0.25, -0.2) is 4.79 Å². The molecule has 4 N–H and O–H groups in total. The molecule has 134 valence electrons. The fourth-order valence-electron chi connectivity index (χ4n) is 2.16. The molecular formula is C17H27N3O3S. The summed E-state index contributed by atoms with van der Waals surface area (Å²) in [6.07, 6.45) is 3.23. The number of ether oxygens (including phenoxy) is 1. The molecule has 0 saturated carbocycles. The van der Waals surface area contributed by atoms with Crippen LogP contribution in [0.2, 0.25) is 0 Å². The Morgan fingerprint density at radius 1 is 1.29 bits per heavy atom. The van der Waals surface area contributed by atoms with Gasteiger partial charge in [0, 0.05) is 13.2 Å². The first-order valence-corrected chi connectivity index (χ1v) is 9.43. The van der Waals surface area contributed by atoms with Gasteiger partial charge < -0.3 is 21.1 Å². The summed E-state index contributed by atoms with van der Waals surface area (Å²) in [6.45, 7) is 3.05. The third-order valence-electron chi connectivity index (χ3n) is 3.50. The van der Waals surface area contributed by atoms with Gasteiger partial charge in [0.15, 0.2) is 0 Å². The highest BCUT2D eigenvalue weighted by Crippen LogP contribution is 2.15. The maximum Gasteiger partial charge on any atom is 0.312 e. The first kappa shape index (κ1) is 20.3. The van der Waals surface area contributed by atoms with Crippen LogP contribution in [0.15, 0.2) is 30.3 Å². The van der Waals surface area contributed by atoms with Crippen LogP contribution in [0.4, 0.5) is 4.79 Å². The van der Waals surface area contributed by atoms with Gasteiger partial charge in [-0.3, -0.25) is 4.79 Å². The average molecular weight is 353 g/mol. The highest BCUT2D eigenvalue weighted by Gasteiger charge is 2.18. The number of carbonyl (C=O) groups is 2. The fourth-order valence-corrected chi connectivity index (χ4v) is 2.63. The second-order valence-electron chi connectivity index (χ2n) is 5.41. The van der Waals surface area contributed by atoms with Crippen molar-refractivity contribution < 1.29 is 14.3 Å². The Bertz CT molecular complexity index is 499. The molecule has 0 aliphatic carbocycles. The van der Waals surface area contributed by atoms with Crippen molar-refractivity contribution in [1.82, 2.24) is 10.6 Å². The van der Waals surface area contributed by atoms with Crippen molar-refractivity contribution in [3.05, 3.63) is 35.9 Å². The van der Waals surface area contributed by atoms with E-state index in [-0.39, 0.29) is 12.0 Å². The normalized spacial score (nSPS) is 13.1. The largest absolute Gasteiger partial charge is 0.374 e. The summed E-state index contributed by atoms with van der Waals surface area (Å²) in [4.78, 5) is 23.0. The molecule has 0 unspecified atom stereocenters. The van der Waals surface area contributed by atoms with Gasteiger partial charge in [0.05, 0.1) is 6.10 Å². The molecule has 0 aliphatic rings. The van der Waals surface area contributed by atoms with Crippen molar-refractivity contribution in [1.29, 1.82) is 0 Å². The Hall–Kier alpha value is -1.73. The molecule has 1 aromatic rings. The van der Waals surface area contributed by atoms with E-state index in [1.165, 1.54) is 0 Å². The quantitative estimate of drug-likeness (QED) is 0.531. The highest BCUT2D eigenvalue weighted by atomic mass is 32.2. The van der Waals surface area contributed by atoms with Crippen LogP contribution in [-0.2, 0) is 9.53 Å². The lowest BCUT2D eigenvalue weighted by Crippen LogP contribution is -2.49. The van der Waals surface area contributed by atoms with Crippen molar-refractivity contribution in [2.45, 2.75) is 31.9 Å². The minimum absolute atomic E-state index is 0.0211. The average Bonchev–Trinajstić information content (AvgIpc) is 2.58. The van der Waals surface area contributed by atoms with Crippen molar-refractivity contribution in [3.63, 3.8) is 0 Å².